The largest absolute Gasteiger partial charge is 0.326 e. The first kappa shape index (κ1) is 11.2. The van der Waals surface area contributed by atoms with E-state index >= 15 is 0 Å². The van der Waals surface area contributed by atoms with E-state index in [1.807, 2.05) is 18.2 Å². The summed E-state index contributed by atoms with van der Waals surface area (Å²) < 4.78 is 3.37. The second-order valence-electron chi connectivity index (χ2n) is 4.05. The van der Waals surface area contributed by atoms with Crippen LogP contribution in [0.4, 0.5) is 5.69 Å². The first-order chi connectivity index (χ1) is 8.93. The molecule has 3 rings (SSSR count). The number of hydrogen-bond acceptors (Lipinski definition) is 2. The zero-order valence-corrected chi connectivity index (χ0v) is 10.7. The van der Waals surface area contributed by atoms with Gasteiger partial charge < -0.3 is 4.72 Å². The molecule has 3 aromatic rings. The molecule has 88 valence electrons. The molecule has 0 fully saturated rings. The van der Waals surface area contributed by atoms with Gasteiger partial charge in [0.15, 0.2) is 0 Å². The maximum Gasteiger partial charge on any atom is 0.0443 e. The molecule has 0 amide bonds. The van der Waals surface area contributed by atoms with Crippen LogP contribution in [0.1, 0.15) is 0 Å². The zero-order valence-electron chi connectivity index (χ0n) is 9.84. The summed E-state index contributed by atoms with van der Waals surface area (Å²) in [5, 5.41) is 2.56. The van der Waals surface area contributed by atoms with Crippen LogP contribution in [-0.2, 0) is 0 Å². The van der Waals surface area contributed by atoms with Gasteiger partial charge in [0.25, 0.3) is 0 Å². The lowest BCUT2D eigenvalue weighted by molar-refractivity contribution is 1.54. The van der Waals surface area contributed by atoms with Crippen molar-refractivity contribution >= 4 is 28.4 Å². The Hall–Kier alpha value is -1.93. The third-order valence-electron chi connectivity index (χ3n) is 2.80. The predicted molar refractivity (Wildman–Crippen MR) is 79.9 cm³/mol. The van der Waals surface area contributed by atoms with Crippen LogP contribution in [-0.4, -0.2) is 0 Å². The van der Waals surface area contributed by atoms with Crippen molar-refractivity contribution in [1.82, 2.24) is 0 Å². The summed E-state index contributed by atoms with van der Waals surface area (Å²) >= 11 is 1.65. The first-order valence-corrected chi connectivity index (χ1v) is 6.71. The maximum atomic E-state index is 3.37. The van der Waals surface area contributed by atoms with Crippen LogP contribution >= 0.6 is 11.9 Å². The van der Waals surface area contributed by atoms with Gasteiger partial charge >= 0.3 is 0 Å². The van der Waals surface area contributed by atoms with E-state index in [4.69, 9.17) is 0 Å². The highest BCUT2D eigenvalue weighted by Gasteiger charge is 2.00. The minimum absolute atomic E-state index is 1.12. The molecule has 0 atom stereocenters. The Bertz CT molecular complexity index is 644. The number of rotatable bonds is 3. The molecule has 18 heavy (non-hydrogen) atoms. The number of fused-ring (bicyclic) bond motifs is 1. The average molecular weight is 251 g/mol. The molecule has 0 heterocycles. The van der Waals surface area contributed by atoms with Gasteiger partial charge in [0, 0.05) is 10.6 Å². The van der Waals surface area contributed by atoms with Crippen LogP contribution < -0.4 is 4.72 Å². The van der Waals surface area contributed by atoms with E-state index in [1.54, 1.807) is 11.9 Å². The van der Waals surface area contributed by atoms with Crippen molar-refractivity contribution in [3.05, 3.63) is 72.8 Å². The predicted octanol–water partition coefficient (Wildman–Crippen LogP) is 4.96. The van der Waals surface area contributed by atoms with E-state index in [9.17, 15) is 0 Å². The molecule has 0 aliphatic carbocycles. The summed E-state index contributed by atoms with van der Waals surface area (Å²) in [5.41, 5.74) is 1.12. The smallest absolute Gasteiger partial charge is 0.0443 e. The highest BCUT2D eigenvalue weighted by molar-refractivity contribution is 8.00. The molecular weight excluding hydrogens is 238 g/mol. The van der Waals surface area contributed by atoms with Crippen molar-refractivity contribution < 1.29 is 0 Å². The molecule has 1 N–H and O–H groups in total. The lowest BCUT2D eigenvalue weighted by Crippen LogP contribution is -1.86. The topological polar surface area (TPSA) is 12.0 Å². The van der Waals surface area contributed by atoms with Crippen molar-refractivity contribution in [2.45, 2.75) is 4.90 Å². The van der Waals surface area contributed by atoms with Gasteiger partial charge in [0.05, 0.1) is 0 Å². The first-order valence-electron chi connectivity index (χ1n) is 5.89. The molecule has 1 nitrogen and oxygen atoms in total. The molecule has 0 saturated heterocycles. The molecule has 0 radical (unpaired) electrons. The van der Waals surface area contributed by atoms with E-state index in [-0.39, 0.29) is 0 Å². The van der Waals surface area contributed by atoms with E-state index in [2.05, 4.69) is 59.3 Å². The lowest BCUT2D eigenvalue weighted by Gasteiger charge is -2.07. The summed E-state index contributed by atoms with van der Waals surface area (Å²) in [6, 6.07) is 25.0. The summed E-state index contributed by atoms with van der Waals surface area (Å²) in [6.45, 7) is 0. The van der Waals surface area contributed by atoms with Crippen molar-refractivity contribution in [2.75, 3.05) is 4.72 Å². The Labute approximate surface area is 111 Å². The van der Waals surface area contributed by atoms with Crippen LogP contribution in [0, 0.1) is 0 Å². The summed E-state index contributed by atoms with van der Waals surface area (Å²) in [7, 11) is 0. The standard InChI is InChI=1S/C16H13NS/c1-2-9-14(10-3-1)17-18-16-12-6-8-13-7-4-5-11-15(13)16/h1-12,17H. The summed E-state index contributed by atoms with van der Waals surface area (Å²) in [5.74, 6) is 0. The third-order valence-corrected chi connectivity index (χ3v) is 3.72. The fourth-order valence-electron chi connectivity index (χ4n) is 1.90. The minimum Gasteiger partial charge on any atom is -0.326 e. The SMILES string of the molecule is c1ccc(NSc2cccc3ccccc23)cc1. The molecule has 0 spiro atoms. The van der Waals surface area contributed by atoms with Gasteiger partial charge in [-0.1, -0.05) is 54.6 Å². The molecule has 0 bridgehead atoms. The Morgan fingerprint density at radius 3 is 2.28 bits per heavy atom. The second-order valence-corrected chi connectivity index (χ2v) is 4.90. The van der Waals surface area contributed by atoms with Crippen molar-refractivity contribution in [3.63, 3.8) is 0 Å². The van der Waals surface area contributed by atoms with Gasteiger partial charge in [-0.05, 0) is 40.9 Å². The van der Waals surface area contributed by atoms with Crippen molar-refractivity contribution in [3.8, 4) is 0 Å². The molecule has 0 unspecified atom stereocenters. The molecule has 2 heteroatoms. The highest BCUT2D eigenvalue weighted by Crippen LogP contribution is 2.28. The van der Waals surface area contributed by atoms with Crippen molar-refractivity contribution in [2.24, 2.45) is 0 Å². The van der Waals surface area contributed by atoms with Gasteiger partial charge in [0.1, 0.15) is 0 Å². The monoisotopic (exact) mass is 251 g/mol. The molecule has 0 aromatic heterocycles. The Balaban J connectivity index is 1.87. The highest BCUT2D eigenvalue weighted by atomic mass is 32.2. The fraction of sp³-hybridized carbons (Fsp3) is 0. The zero-order chi connectivity index (χ0) is 12.2. The van der Waals surface area contributed by atoms with E-state index < -0.39 is 0 Å². The lowest BCUT2D eigenvalue weighted by atomic mass is 10.1. The quantitative estimate of drug-likeness (QED) is 0.660. The van der Waals surface area contributed by atoms with E-state index in [0.29, 0.717) is 0 Å². The van der Waals surface area contributed by atoms with Crippen LogP contribution in [0.5, 0.6) is 0 Å². The van der Waals surface area contributed by atoms with Crippen molar-refractivity contribution in [1.29, 1.82) is 0 Å². The molecule has 0 saturated carbocycles. The van der Waals surface area contributed by atoms with E-state index in [1.165, 1.54) is 15.7 Å². The van der Waals surface area contributed by atoms with Crippen LogP contribution in [0.3, 0.4) is 0 Å². The molecule has 0 aliphatic rings. The minimum atomic E-state index is 1.12. The Morgan fingerprint density at radius 1 is 0.667 bits per heavy atom. The number of para-hydroxylation sites is 1. The average Bonchev–Trinajstić information content (AvgIpc) is 2.46. The maximum absolute atomic E-state index is 3.37. The van der Waals surface area contributed by atoms with Crippen LogP contribution in [0.15, 0.2) is 77.7 Å². The fourth-order valence-corrected chi connectivity index (χ4v) is 2.71. The summed E-state index contributed by atoms with van der Waals surface area (Å²) in [4.78, 5) is 1.25. The number of anilines is 1. The van der Waals surface area contributed by atoms with Gasteiger partial charge in [-0.25, -0.2) is 0 Å². The number of hydrogen-bond donors (Lipinski definition) is 1. The Kier molecular flexibility index (Phi) is 3.20. The van der Waals surface area contributed by atoms with Crippen LogP contribution in [0.2, 0.25) is 0 Å². The molecule has 0 aliphatic heterocycles. The third kappa shape index (κ3) is 2.34. The molecular formula is C16H13NS. The second kappa shape index (κ2) is 5.15. The van der Waals surface area contributed by atoms with Gasteiger partial charge in [0.2, 0.25) is 0 Å². The van der Waals surface area contributed by atoms with Crippen LogP contribution in [0.25, 0.3) is 10.8 Å². The van der Waals surface area contributed by atoms with E-state index in [0.717, 1.165) is 5.69 Å². The number of nitrogens with one attached hydrogen (secondary N) is 1. The number of benzene rings is 3. The van der Waals surface area contributed by atoms with Gasteiger partial charge in [-0.3, -0.25) is 0 Å². The summed E-state index contributed by atoms with van der Waals surface area (Å²) in [6.07, 6.45) is 0. The Morgan fingerprint density at radius 2 is 1.39 bits per heavy atom. The normalized spacial score (nSPS) is 10.4. The van der Waals surface area contributed by atoms with Gasteiger partial charge in [-0.2, -0.15) is 0 Å². The molecule has 3 aromatic carbocycles. The van der Waals surface area contributed by atoms with Gasteiger partial charge in [-0.15, -0.1) is 0 Å².